The molecule has 1 aliphatic rings. The quantitative estimate of drug-likeness (QED) is 0.774. The first-order valence-corrected chi connectivity index (χ1v) is 7.23. The molecule has 1 aromatic carbocycles. The van der Waals surface area contributed by atoms with E-state index in [1.54, 1.807) is 0 Å². The Kier molecular flexibility index (Phi) is 5.30. The first-order valence-electron chi connectivity index (χ1n) is 6.44. The predicted octanol–water partition coefficient (Wildman–Crippen LogP) is 1.99. The zero-order valence-electron chi connectivity index (χ0n) is 11.5. The van der Waals surface area contributed by atoms with Gasteiger partial charge in [0.2, 0.25) is 0 Å². The smallest absolute Gasteiger partial charge is 0.308 e. The number of morpholine rings is 1. The molecule has 0 radical (unpaired) electrons. The molecule has 114 valence electrons. The van der Waals surface area contributed by atoms with Crippen LogP contribution >= 0.6 is 15.9 Å². The van der Waals surface area contributed by atoms with Gasteiger partial charge in [0.25, 0.3) is 5.91 Å². The lowest BCUT2D eigenvalue weighted by molar-refractivity contribution is -0.145. The molecule has 1 unspecified atom stereocenters. The summed E-state index contributed by atoms with van der Waals surface area (Å²) in [6.07, 6.45) is -0.355. The Hall–Kier alpha value is -1.47. The van der Waals surface area contributed by atoms with Crippen molar-refractivity contribution in [1.29, 1.82) is 0 Å². The molecule has 1 aliphatic heterocycles. The number of amides is 1. The summed E-state index contributed by atoms with van der Waals surface area (Å²) in [7, 11) is 1.30. The number of carbonyl (C=O) groups excluding carboxylic acids is 2. The molecule has 7 heteroatoms. The van der Waals surface area contributed by atoms with E-state index in [-0.39, 0.29) is 18.5 Å². The van der Waals surface area contributed by atoms with Gasteiger partial charge in [-0.2, -0.15) is 0 Å². The Bertz CT molecular complexity index is 552. The van der Waals surface area contributed by atoms with Crippen LogP contribution in [0.2, 0.25) is 0 Å². The number of rotatable bonds is 3. The van der Waals surface area contributed by atoms with Crippen molar-refractivity contribution in [3.63, 3.8) is 0 Å². The molecule has 1 aromatic rings. The number of halogens is 2. The van der Waals surface area contributed by atoms with Crippen molar-refractivity contribution < 1.29 is 23.5 Å². The van der Waals surface area contributed by atoms with Crippen LogP contribution in [0.5, 0.6) is 0 Å². The van der Waals surface area contributed by atoms with Crippen molar-refractivity contribution in [2.24, 2.45) is 0 Å². The molecule has 1 saturated heterocycles. The van der Waals surface area contributed by atoms with Gasteiger partial charge in [0, 0.05) is 17.6 Å². The van der Waals surface area contributed by atoms with E-state index in [2.05, 4.69) is 20.7 Å². The molecule has 0 spiro atoms. The first-order chi connectivity index (χ1) is 10.0. The molecule has 0 N–H and O–H groups in total. The largest absolute Gasteiger partial charge is 0.469 e. The Morgan fingerprint density at radius 3 is 3.00 bits per heavy atom. The number of benzene rings is 1. The third-order valence-corrected chi connectivity index (χ3v) is 3.70. The first kappa shape index (κ1) is 15.9. The van der Waals surface area contributed by atoms with E-state index in [0.717, 1.165) is 0 Å². The highest BCUT2D eigenvalue weighted by Gasteiger charge is 2.28. The highest BCUT2D eigenvalue weighted by molar-refractivity contribution is 9.10. The van der Waals surface area contributed by atoms with Crippen molar-refractivity contribution in [1.82, 2.24) is 4.90 Å². The van der Waals surface area contributed by atoms with Gasteiger partial charge >= 0.3 is 5.97 Å². The molecule has 0 aliphatic carbocycles. The van der Waals surface area contributed by atoms with Crippen LogP contribution in [0, 0.1) is 5.82 Å². The molecule has 0 saturated carbocycles. The lowest BCUT2D eigenvalue weighted by Gasteiger charge is -2.32. The van der Waals surface area contributed by atoms with Crippen LogP contribution in [0.3, 0.4) is 0 Å². The van der Waals surface area contributed by atoms with Crippen LogP contribution in [0.1, 0.15) is 16.8 Å². The number of esters is 1. The number of hydrogen-bond acceptors (Lipinski definition) is 4. The van der Waals surface area contributed by atoms with Gasteiger partial charge in [0.1, 0.15) is 5.82 Å². The number of carbonyl (C=O) groups is 2. The summed E-state index contributed by atoms with van der Waals surface area (Å²) in [6, 6.07) is 4.22. The summed E-state index contributed by atoms with van der Waals surface area (Å²) in [4.78, 5) is 25.1. The lowest BCUT2D eigenvalue weighted by atomic mass is 10.1. The summed E-state index contributed by atoms with van der Waals surface area (Å²) in [5.74, 6) is -1.38. The Morgan fingerprint density at radius 1 is 1.52 bits per heavy atom. The van der Waals surface area contributed by atoms with Crippen molar-refractivity contribution in [3.05, 3.63) is 34.1 Å². The van der Waals surface area contributed by atoms with Gasteiger partial charge < -0.3 is 14.4 Å². The Balaban J connectivity index is 2.08. The van der Waals surface area contributed by atoms with Crippen LogP contribution in [0.25, 0.3) is 0 Å². The zero-order chi connectivity index (χ0) is 15.4. The van der Waals surface area contributed by atoms with Crippen molar-refractivity contribution in [2.45, 2.75) is 12.5 Å². The van der Waals surface area contributed by atoms with E-state index in [0.29, 0.717) is 17.6 Å². The van der Waals surface area contributed by atoms with E-state index < -0.39 is 23.8 Å². The standard InChI is InChI=1S/C14H15BrFNO4/c1-20-13(18)7-10-8-17(4-5-21-10)14(19)11-6-9(15)2-3-12(11)16/h2-3,6,10H,4-5,7-8H2,1H3. The van der Waals surface area contributed by atoms with Crippen molar-refractivity contribution in [3.8, 4) is 0 Å². The second kappa shape index (κ2) is 7.00. The molecule has 21 heavy (non-hydrogen) atoms. The van der Waals surface area contributed by atoms with Crippen LogP contribution < -0.4 is 0 Å². The highest BCUT2D eigenvalue weighted by Crippen LogP contribution is 2.19. The molecular formula is C14H15BrFNO4. The minimum absolute atomic E-state index is 0.00286. The van der Waals surface area contributed by atoms with Crippen LogP contribution in [0.15, 0.2) is 22.7 Å². The molecule has 1 atom stereocenters. The monoisotopic (exact) mass is 359 g/mol. The van der Waals surface area contributed by atoms with E-state index in [4.69, 9.17) is 4.74 Å². The van der Waals surface area contributed by atoms with Crippen LogP contribution in [-0.2, 0) is 14.3 Å². The Labute approximate surface area is 130 Å². The minimum Gasteiger partial charge on any atom is -0.469 e. The number of nitrogens with zero attached hydrogens (tertiary/aromatic N) is 1. The Morgan fingerprint density at radius 2 is 2.29 bits per heavy atom. The summed E-state index contributed by atoms with van der Waals surface area (Å²) in [5, 5.41) is 0. The summed E-state index contributed by atoms with van der Waals surface area (Å²) in [6.45, 7) is 0.908. The van der Waals surface area contributed by atoms with Gasteiger partial charge in [0.15, 0.2) is 0 Å². The maximum absolute atomic E-state index is 13.8. The van der Waals surface area contributed by atoms with Gasteiger partial charge in [-0.25, -0.2) is 4.39 Å². The molecule has 1 heterocycles. The number of methoxy groups -OCH3 is 1. The van der Waals surface area contributed by atoms with Crippen LogP contribution in [0.4, 0.5) is 4.39 Å². The average molecular weight is 360 g/mol. The maximum atomic E-state index is 13.8. The highest BCUT2D eigenvalue weighted by atomic mass is 79.9. The zero-order valence-corrected chi connectivity index (χ0v) is 13.1. The average Bonchev–Trinajstić information content (AvgIpc) is 2.49. The van der Waals surface area contributed by atoms with Crippen molar-refractivity contribution in [2.75, 3.05) is 26.8 Å². The SMILES string of the molecule is COC(=O)CC1CN(C(=O)c2cc(Br)ccc2F)CCO1. The van der Waals surface area contributed by atoms with Gasteiger partial charge in [0.05, 0.1) is 31.8 Å². The van der Waals surface area contributed by atoms with Gasteiger partial charge in [-0.3, -0.25) is 9.59 Å². The van der Waals surface area contributed by atoms with Gasteiger partial charge in [-0.1, -0.05) is 15.9 Å². The summed E-state index contributed by atoms with van der Waals surface area (Å²) in [5.41, 5.74) is 0.00286. The van der Waals surface area contributed by atoms with Crippen molar-refractivity contribution >= 4 is 27.8 Å². The summed E-state index contributed by atoms with van der Waals surface area (Å²) < 4.78 is 24.4. The second-order valence-corrected chi connectivity index (χ2v) is 5.56. The molecule has 2 rings (SSSR count). The molecule has 1 amide bonds. The summed E-state index contributed by atoms with van der Waals surface area (Å²) >= 11 is 3.22. The lowest BCUT2D eigenvalue weighted by Crippen LogP contribution is -2.46. The van der Waals surface area contributed by atoms with Gasteiger partial charge in [-0.05, 0) is 18.2 Å². The molecule has 0 bridgehead atoms. The van der Waals surface area contributed by atoms with E-state index in [1.165, 1.54) is 30.2 Å². The maximum Gasteiger partial charge on any atom is 0.308 e. The molecule has 0 aromatic heterocycles. The van der Waals surface area contributed by atoms with Crippen LogP contribution in [-0.4, -0.2) is 49.7 Å². The molecule has 1 fully saturated rings. The third-order valence-electron chi connectivity index (χ3n) is 3.21. The number of ether oxygens (including phenoxy) is 2. The fourth-order valence-corrected chi connectivity index (χ4v) is 2.49. The van der Waals surface area contributed by atoms with E-state index in [9.17, 15) is 14.0 Å². The van der Waals surface area contributed by atoms with Gasteiger partial charge in [-0.15, -0.1) is 0 Å². The third kappa shape index (κ3) is 4.01. The van der Waals surface area contributed by atoms with E-state index in [1.807, 2.05) is 0 Å². The number of hydrogen-bond donors (Lipinski definition) is 0. The van der Waals surface area contributed by atoms with E-state index >= 15 is 0 Å². The minimum atomic E-state index is -0.570. The second-order valence-electron chi connectivity index (χ2n) is 4.65. The fourth-order valence-electron chi connectivity index (χ4n) is 2.13. The molecular weight excluding hydrogens is 345 g/mol. The predicted molar refractivity (Wildman–Crippen MR) is 76.4 cm³/mol. The topological polar surface area (TPSA) is 55.8 Å². The molecule has 5 nitrogen and oxygen atoms in total. The fraction of sp³-hybridized carbons (Fsp3) is 0.429. The normalized spacial score (nSPS) is 18.4.